The molecule has 6 nitrogen and oxygen atoms in total. The fourth-order valence-corrected chi connectivity index (χ4v) is 7.02. The highest BCUT2D eigenvalue weighted by Gasteiger charge is 2.51. The smallest absolute Gasteiger partial charge is 0.410 e. The Morgan fingerprint density at radius 3 is 1.41 bits per heavy atom. The van der Waals surface area contributed by atoms with Crippen LogP contribution in [0.15, 0.2) is 152 Å². The summed E-state index contributed by atoms with van der Waals surface area (Å²) in [5.41, 5.74) is 0.471. The van der Waals surface area contributed by atoms with Crippen molar-refractivity contribution >= 4 is 30.8 Å². The molecule has 2 N–H and O–H groups in total. The number of carbonyl (C=O) groups excluding carboxylic acids is 1. The summed E-state index contributed by atoms with van der Waals surface area (Å²) >= 11 is 0. The highest BCUT2D eigenvalue weighted by Crippen LogP contribution is 2.43. The van der Waals surface area contributed by atoms with Gasteiger partial charge in [-0.1, -0.05) is 152 Å². The highest BCUT2D eigenvalue weighted by atomic mass is 31.1. The topological polar surface area (TPSA) is 84.9 Å². The van der Waals surface area contributed by atoms with E-state index in [0.717, 1.165) is 27.3 Å². The summed E-state index contributed by atoms with van der Waals surface area (Å²) in [4.78, 5) is 27.2. The molecule has 1 atom stereocenters. The van der Waals surface area contributed by atoms with Gasteiger partial charge in [-0.2, -0.15) is 0 Å². The van der Waals surface area contributed by atoms with Gasteiger partial charge in [0.2, 0.25) is 5.72 Å². The molecule has 0 unspecified atom stereocenters. The molecule has 5 rings (SSSR count). The summed E-state index contributed by atoms with van der Waals surface area (Å²) in [6.45, 7) is -0.0173. The average Bonchev–Trinajstić information content (AvgIpc) is 3.07. The second kappa shape index (κ2) is 15.1. The van der Waals surface area contributed by atoms with E-state index in [9.17, 15) is 14.7 Å². The maximum absolute atomic E-state index is 13.7. The third kappa shape index (κ3) is 7.99. The van der Waals surface area contributed by atoms with E-state index < -0.39 is 31.9 Å². The Labute approximate surface area is 259 Å². The van der Waals surface area contributed by atoms with Crippen molar-refractivity contribution in [3.05, 3.63) is 168 Å². The Bertz CT molecular complexity index is 1520. The summed E-state index contributed by atoms with van der Waals surface area (Å²) in [6, 6.07) is 47.6. The van der Waals surface area contributed by atoms with Crippen molar-refractivity contribution in [2.75, 3.05) is 0 Å². The number of carbonyl (C=O) groups is 2. The summed E-state index contributed by atoms with van der Waals surface area (Å²) in [7, 11) is -1.69. The van der Waals surface area contributed by atoms with E-state index in [2.05, 4.69) is 5.32 Å². The van der Waals surface area contributed by atoms with E-state index in [0.29, 0.717) is 12.8 Å². The second-order valence-corrected chi connectivity index (χ2v) is 12.2. The van der Waals surface area contributed by atoms with E-state index in [1.165, 1.54) is 0 Å². The Balaban J connectivity index is 1.60. The van der Waals surface area contributed by atoms with Gasteiger partial charge < -0.3 is 14.4 Å². The van der Waals surface area contributed by atoms with Crippen LogP contribution in [0.3, 0.4) is 0 Å². The number of nitrogens with one attached hydrogen (secondary N) is 1. The SMILES string of the molecule is O=C(N[C@@](OP(c1ccccc1)c1ccccc1)(C(=O)O)C(Cc1ccccc1)Cc1ccccc1)OCc1ccccc1. The fraction of sp³-hybridized carbons (Fsp3) is 0.135. The van der Waals surface area contributed by atoms with Crippen LogP contribution in [0.5, 0.6) is 0 Å². The average molecular weight is 604 g/mol. The van der Waals surface area contributed by atoms with Crippen LogP contribution in [0.25, 0.3) is 0 Å². The molecule has 0 aliphatic heterocycles. The third-order valence-electron chi connectivity index (χ3n) is 7.26. The Morgan fingerprint density at radius 2 is 1.00 bits per heavy atom. The number of carboxylic acid groups (broad SMARTS) is 1. The number of carboxylic acids is 1. The number of aliphatic carboxylic acids is 1. The molecule has 0 spiro atoms. The number of ether oxygens (including phenoxy) is 1. The van der Waals surface area contributed by atoms with Gasteiger partial charge in [-0.15, -0.1) is 0 Å². The van der Waals surface area contributed by atoms with Crippen molar-refractivity contribution < 1.29 is 24.0 Å². The monoisotopic (exact) mass is 603 g/mol. The molecule has 0 aliphatic carbocycles. The minimum absolute atomic E-state index is 0.0173. The lowest BCUT2D eigenvalue weighted by molar-refractivity contribution is -0.163. The largest absolute Gasteiger partial charge is 0.478 e. The first-order valence-electron chi connectivity index (χ1n) is 14.4. The Kier molecular flexibility index (Phi) is 10.5. The van der Waals surface area contributed by atoms with Crippen LogP contribution in [-0.4, -0.2) is 22.9 Å². The molecule has 1 amide bonds. The standard InChI is InChI=1S/C37H34NO5P/c39-35(40)37(38-36(41)42-28-31-20-10-3-11-21-31,43-44(33-22-12-4-13-23-33)34-24-14-5-15-25-34)32(26-29-16-6-1-7-17-29)27-30-18-8-2-9-19-30/h1-25,32H,26-28H2,(H,38,41)(H,39,40)/t37-/m0/s1. The molecule has 0 aliphatic rings. The van der Waals surface area contributed by atoms with Crippen LogP contribution < -0.4 is 15.9 Å². The Morgan fingerprint density at radius 1 is 0.614 bits per heavy atom. The van der Waals surface area contributed by atoms with Gasteiger partial charge in [0.25, 0.3) is 0 Å². The maximum atomic E-state index is 13.7. The molecule has 0 radical (unpaired) electrons. The lowest BCUT2D eigenvalue weighted by Crippen LogP contribution is -2.62. The zero-order chi connectivity index (χ0) is 30.6. The van der Waals surface area contributed by atoms with Gasteiger partial charge in [-0.05, 0) is 29.5 Å². The first-order valence-corrected chi connectivity index (χ1v) is 15.7. The van der Waals surface area contributed by atoms with Gasteiger partial charge in [0.15, 0.2) is 0 Å². The summed E-state index contributed by atoms with van der Waals surface area (Å²) in [6.07, 6.45) is -0.222. The molecular weight excluding hydrogens is 569 g/mol. The van der Waals surface area contributed by atoms with Crippen molar-refractivity contribution in [3.8, 4) is 0 Å². The normalized spacial score (nSPS) is 12.4. The van der Waals surface area contributed by atoms with E-state index in [1.54, 1.807) is 0 Å². The van der Waals surface area contributed by atoms with Gasteiger partial charge in [-0.3, -0.25) is 5.32 Å². The van der Waals surface area contributed by atoms with Crippen LogP contribution in [0.1, 0.15) is 16.7 Å². The van der Waals surface area contributed by atoms with Crippen molar-refractivity contribution in [1.82, 2.24) is 5.32 Å². The maximum Gasteiger partial charge on any atom is 0.410 e. The summed E-state index contributed by atoms with van der Waals surface area (Å²) in [5.74, 6) is -2.02. The zero-order valence-corrected chi connectivity index (χ0v) is 25.1. The van der Waals surface area contributed by atoms with Gasteiger partial charge >= 0.3 is 12.1 Å². The molecule has 0 saturated carbocycles. The molecule has 0 heterocycles. The minimum Gasteiger partial charge on any atom is -0.478 e. The quantitative estimate of drug-likeness (QED) is 0.114. The highest BCUT2D eigenvalue weighted by molar-refractivity contribution is 7.68. The summed E-state index contributed by atoms with van der Waals surface area (Å²) < 4.78 is 12.4. The van der Waals surface area contributed by atoms with Crippen LogP contribution >= 0.6 is 8.15 Å². The number of alkyl carbamates (subject to hydrolysis) is 1. The van der Waals surface area contributed by atoms with Crippen LogP contribution in [0, 0.1) is 5.92 Å². The van der Waals surface area contributed by atoms with Gasteiger partial charge in [0.05, 0.1) is 8.15 Å². The molecule has 0 bridgehead atoms. The fourth-order valence-electron chi connectivity index (χ4n) is 5.06. The molecule has 222 valence electrons. The molecule has 0 fully saturated rings. The second-order valence-electron chi connectivity index (χ2n) is 10.4. The van der Waals surface area contributed by atoms with Crippen molar-refractivity contribution in [2.45, 2.75) is 25.2 Å². The van der Waals surface area contributed by atoms with Crippen molar-refractivity contribution in [1.29, 1.82) is 0 Å². The summed E-state index contributed by atoms with van der Waals surface area (Å²) in [5, 5.41) is 15.5. The van der Waals surface area contributed by atoms with E-state index >= 15 is 0 Å². The zero-order valence-electron chi connectivity index (χ0n) is 24.2. The molecule has 5 aromatic carbocycles. The van der Waals surface area contributed by atoms with E-state index in [-0.39, 0.29) is 6.61 Å². The lowest BCUT2D eigenvalue weighted by atomic mass is 9.83. The number of hydrogen-bond donors (Lipinski definition) is 2. The molecule has 44 heavy (non-hydrogen) atoms. The number of benzene rings is 5. The predicted molar refractivity (Wildman–Crippen MR) is 174 cm³/mol. The number of amides is 1. The number of hydrogen-bond acceptors (Lipinski definition) is 4. The minimum atomic E-state index is -2.16. The Hall–Kier alpha value is -4.77. The number of rotatable bonds is 13. The van der Waals surface area contributed by atoms with Crippen molar-refractivity contribution in [3.63, 3.8) is 0 Å². The van der Waals surface area contributed by atoms with Crippen LogP contribution in [-0.2, 0) is 33.5 Å². The first-order chi connectivity index (χ1) is 21.5. The van der Waals surface area contributed by atoms with E-state index in [1.807, 2.05) is 152 Å². The molecule has 5 aromatic rings. The van der Waals surface area contributed by atoms with Gasteiger partial charge in [-0.25, -0.2) is 9.59 Å². The van der Waals surface area contributed by atoms with Crippen LogP contribution in [0.2, 0.25) is 0 Å². The molecular formula is C37H34NO5P. The van der Waals surface area contributed by atoms with Gasteiger partial charge in [0.1, 0.15) is 6.61 Å². The predicted octanol–water partition coefficient (Wildman–Crippen LogP) is 6.86. The lowest BCUT2D eigenvalue weighted by Gasteiger charge is -2.40. The molecule has 0 saturated heterocycles. The van der Waals surface area contributed by atoms with Crippen molar-refractivity contribution in [2.24, 2.45) is 5.92 Å². The molecule has 7 heteroatoms. The van der Waals surface area contributed by atoms with Crippen LogP contribution in [0.4, 0.5) is 4.79 Å². The first kappa shape index (κ1) is 30.7. The van der Waals surface area contributed by atoms with Gasteiger partial charge in [0, 0.05) is 16.5 Å². The third-order valence-corrected chi connectivity index (χ3v) is 9.26. The molecule has 0 aromatic heterocycles. The van der Waals surface area contributed by atoms with E-state index in [4.69, 9.17) is 9.26 Å².